The van der Waals surface area contributed by atoms with Crippen molar-refractivity contribution >= 4 is 111 Å². The molecular formula is C44H34Cl2F6IN9O7S2. The number of carbonyl (C=O) groups excluding carboxylic acids is 2. The van der Waals surface area contributed by atoms with Gasteiger partial charge in [-0.05, 0) is 108 Å². The Hall–Kier alpha value is -6.39. The maximum Gasteiger partial charge on any atom is 0.416 e. The van der Waals surface area contributed by atoms with E-state index in [1.165, 1.54) is 49.2 Å². The number of pyridine rings is 4. The highest BCUT2D eigenvalue weighted by atomic mass is 127. The molecule has 0 atom stereocenters. The molecule has 0 saturated heterocycles. The van der Waals surface area contributed by atoms with Crippen LogP contribution in [0, 0.1) is 17.4 Å². The van der Waals surface area contributed by atoms with Crippen LogP contribution in [-0.4, -0.2) is 77.7 Å². The van der Waals surface area contributed by atoms with Gasteiger partial charge in [0, 0.05) is 64.1 Å². The van der Waals surface area contributed by atoms with Gasteiger partial charge in [-0.2, -0.15) is 26.3 Å². The Bertz CT molecular complexity index is 3540. The van der Waals surface area contributed by atoms with Gasteiger partial charge < -0.3 is 9.97 Å². The number of sulfonamides is 2. The SMILES string of the molecule is CON(C)C(=O)c1ncc(Cl)cc1NS(=O)(=O)c1ccc(C)c(C(F)(F)F)c1.Cc1ccc(S(=O)(=O)Nc2cc(Cl)cnc2C(=O)c2ccnc3[nH]ccc23)cc1C(F)(F)F.Ic1ccnc2[nH]ccc12. The zero-order valence-corrected chi connectivity index (χ0v) is 42.0. The van der Waals surface area contributed by atoms with E-state index in [1.54, 1.807) is 18.5 Å². The number of fused-ring (bicyclic) bond motifs is 2. The molecule has 0 bridgehead atoms. The summed E-state index contributed by atoms with van der Waals surface area (Å²) in [5.74, 6) is -1.42. The van der Waals surface area contributed by atoms with E-state index < -0.39 is 65.0 Å². The number of ketones is 1. The number of hydroxylamine groups is 2. The number of rotatable bonds is 10. The fourth-order valence-corrected chi connectivity index (χ4v) is 9.46. The molecule has 0 aliphatic rings. The van der Waals surface area contributed by atoms with Gasteiger partial charge in [-0.1, -0.05) is 35.3 Å². The number of nitrogens with zero attached hydrogens (tertiary/aromatic N) is 5. The zero-order valence-electron chi connectivity index (χ0n) is 36.7. The van der Waals surface area contributed by atoms with E-state index in [2.05, 4.69) is 61.9 Å². The summed E-state index contributed by atoms with van der Waals surface area (Å²) in [6.45, 7) is 2.44. The van der Waals surface area contributed by atoms with Gasteiger partial charge in [0.05, 0.1) is 49.4 Å². The van der Waals surface area contributed by atoms with E-state index in [1.807, 2.05) is 18.3 Å². The largest absolute Gasteiger partial charge is 0.416 e. The molecule has 372 valence electrons. The fourth-order valence-electron chi connectivity index (χ4n) is 6.39. The maximum atomic E-state index is 13.3. The van der Waals surface area contributed by atoms with Gasteiger partial charge in [0.25, 0.3) is 26.0 Å². The van der Waals surface area contributed by atoms with Crippen LogP contribution in [0.2, 0.25) is 10.0 Å². The molecule has 0 spiro atoms. The number of anilines is 2. The molecule has 1 amide bonds. The summed E-state index contributed by atoms with van der Waals surface area (Å²) in [7, 11) is -6.52. The monoisotopic (exact) mass is 1180 g/mol. The molecule has 2 aromatic carbocycles. The highest BCUT2D eigenvalue weighted by Crippen LogP contribution is 2.36. The third kappa shape index (κ3) is 12.8. The minimum absolute atomic E-state index is 0.00852. The lowest BCUT2D eigenvalue weighted by Crippen LogP contribution is -2.28. The number of H-pyrrole nitrogens is 2. The second kappa shape index (κ2) is 21.5. The maximum absolute atomic E-state index is 13.3. The van der Waals surface area contributed by atoms with E-state index in [0.717, 1.165) is 59.5 Å². The van der Waals surface area contributed by atoms with Crippen molar-refractivity contribution in [3.63, 3.8) is 0 Å². The van der Waals surface area contributed by atoms with Crippen LogP contribution in [-0.2, 0) is 37.2 Å². The first-order valence-electron chi connectivity index (χ1n) is 19.8. The number of alkyl halides is 6. The van der Waals surface area contributed by atoms with Crippen LogP contribution in [0.5, 0.6) is 0 Å². The Labute approximate surface area is 423 Å². The fraction of sp³-hybridized carbons (Fsp3) is 0.136. The van der Waals surface area contributed by atoms with Gasteiger partial charge in [0.2, 0.25) is 5.78 Å². The average molecular weight is 1180 g/mol. The Morgan fingerprint density at radius 3 is 1.59 bits per heavy atom. The van der Waals surface area contributed by atoms with Gasteiger partial charge in [-0.15, -0.1) is 0 Å². The van der Waals surface area contributed by atoms with Crippen molar-refractivity contribution in [1.29, 1.82) is 0 Å². The number of hydrogen-bond acceptors (Lipinski definition) is 11. The van der Waals surface area contributed by atoms with Gasteiger partial charge in [0.15, 0.2) is 5.69 Å². The lowest BCUT2D eigenvalue weighted by molar-refractivity contribution is -0.139. The second-order valence-corrected chi connectivity index (χ2v) is 20.1. The molecule has 0 aliphatic heterocycles. The number of aromatic nitrogens is 6. The van der Waals surface area contributed by atoms with E-state index in [4.69, 9.17) is 28.0 Å². The standard InChI is InChI=1S/C21H14ClF3N4O3S.C16H15ClF3N3O4S.C7H5IN2/c1-11-2-3-13(9-16(11)21(23,24)25)33(31,32)29-17-8-12(22)10-28-18(17)19(30)14-4-6-26-20-15(14)5-7-27-20;1-9-4-5-11(7-12(9)16(18,19)20)28(25,26)22-13-6-10(17)8-21-14(13)15(24)23(2)27-3;8-6-2-4-10-7-5(6)1-3-9-7/h2-10,29H,1H3,(H,26,27);4-8,22H,1-3H3;1-4H,(H,9,10). The lowest BCUT2D eigenvalue weighted by atomic mass is 10.0. The van der Waals surface area contributed by atoms with Crippen LogP contribution in [0.25, 0.3) is 22.1 Å². The van der Waals surface area contributed by atoms with E-state index in [-0.39, 0.29) is 49.5 Å². The van der Waals surface area contributed by atoms with Crippen molar-refractivity contribution in [2.45, 2.75) is 36.0 Å². The van der Waals surface area contributed by atoms with Crippen LogP contribution in [0.1, 0.15) is 48.8 Å². The number of benzene rings is 2. The molecule has 0 radical (unpaired) electrons. The van der Waals surface area contributed by atoms with Crippen LogP contribution < -0.4 is 9.44 Å². The molecule has 6 aromatic heterocycles. The predicted molar refractivity (Wildman–Crippen MR) is 260 cm³/mol. The Morgan fingerprint density at radius 2 is 1.11 bits per heavy atom. The quantitative estimate of drug-likeness (QED) is 0.0436. The number of hydrogen-bond donors (Lipinski definition) is 4. The molecule has 71 heavy (non-hydrogen) atoms. The summed E-state index contributed by atoms with van der Waals surface area (Å²) in [5.41, 5.74) is -2.04. The highest BCUT2D eigenvalue weighted by molar-refractivity contribution is 14.1. The third-order valence-corrected chi connectivity index (χ3v) is 14.0. The molecule has 4 N–H and O–H groups in total. The normalized spacial score (nSPS) is 11.8. The Morgan fingerprint density at radius 1 is 0.662 bits per heavy atom. The van der Waals surface area contributed by atoms with Gasteiger partial charge in [0.1, 0.15) is 17.0 Å². The number of carbonyl (C=O) groups is 2. The Balaban J connectivity index is 0.000000196. The summed E-state index contributed by atoms with van der Waals surface area (Å²) in [5, 5.41) is 2.51. The van der Waals surface area contributed by atoms with E-state index >= 15 is 0 Å². The first kappa shape index (κ1) is 54.0. The summed E-state index contributed by atoms with van der Waals surface area (Å²) in [6.07, 6.45) is -0.493. The lowest BCUT2D eigenvalue weighted by Gasteiger charge is -2.17. The van der Waals surface area contributed by atoms with Gasteiger partial charge in [-0.25, -0.2) is 41.8 Å². The number of aromatic amines is 2. The second-order valence-electron chi connectivity index (χ2n) is 14.7. The van der Waals surface area contributed by atoms with Crippen molar-refractivity contribution in [3.05, 3.63) is 163 Å². The number of halogens is 9. The summed E-state index contributed by atoms with van der Waals surface area (Å²) in [4.78, 5) is 50.9. The molecule has 0 aliphatic carbocycles. The smallest absolute Gasteiger partial charge is 0.346 e. The van der Waals surface area contributed by atoms with Gasteiger partial charge in [-0.3, -0.25) is 23.9 Å². The van der Waals surface area contributed by atoms with Crippen molar-refractivity contribution in [3.8, 4) is 0 Å². The molecule has 16 nitrogen and oxygen atoms in total. The minimum Gasteiger partial charge on any atom is -0.346 e. The van der Waals surface area contributed by atoms with Crippen molar-refractivity contribution < 1.29 is 57.6 Å². The van der Waals surface area contributed by atoms with Crippen molar-refractivity contribution in [2.24, 2.45) is 0 Å². The van der Waals surface area contributed by atoms with Gasteiger partial charge >= 0.3 is 12.4 Å². The van der Waals surface area contributed by atoms with E-state index in [9.17, 15) is 52.8 Å². The van der Waals surface area contributed by atoms with E-state index in [0.29, 0.717) is 23.2 Å². The van der Waals surface area contributed by atoms with Crippen LogP contribution in [0.3, 0.4) is 0 Å². The van der Waals surface area contributed by atoms with Crippen LogP contribution >= 0.6 is 45.8 Å². The van der Waals surface area contributed by atoms with Crippen LogP contribution in [0.4, 0.5) is 37.7 Å². The Kier molecular flexibility index (Phi) is 16.4. The summed E-state index contributed by atoms with van der Waals surface area (Å²) < 4.78 is 136. The first-order chi connectivity index (χ1) is 33.2. The molecule has 27 heteroatoms. The summed E-state index contributed by atoms with van der Waals surface area (Å²) in [6, 6.07) is 14.6. The zero-order chi connectivity index (χ0) is 52.2. The average Bonchev–Trinajstić information content (AvgIpc) is 3.99. The minimum atomic E-state index is -4.74. The third-order valence-electron chi connectivity index (χ3n) is 9.94. The first-order valence-corrected chi connectivity index (χ1v) is 24.6. The molecule has 0 saturated carbocycles. The molecule has 0 fully saturated rings. The molecule has 8 aromatic rings. The number of nitrogens with one attached hydrogen (secondary N) is 4. The van der Waals surface area contributed by atoms with Crippen LogP contribution in [0.15, 0.2) is 120 Å². The molecular weight excluding hydrogens is 1140 g/mol. The summed E-state index contributed by atoms with van der Waals surface area (Å²) >= 11 is 14.1. The molecule has 0 unspecified atom stereocenters. The van der Waals surface area contributed by atoms with Crippen molar-refractivity contribution in [1.82, 2.24) is 35.0 Å². The predicted octanol–water partition coefficient (Wildman–Crippen LogP) is 10.6. The number of aryl methyl sites for hydroxylation is 2. The highest BCUT2D eigenvalue weighted by Gasteiger charge is 2.35. The molecule has 6 heterocycles. The topological polar surface area (TPSA) is 222 Å². The number of amides is 1. The molecule has 8 rings (SSSR count). The van der Waals surface area contributed by atoms with Crippen molar-refractivity contribution in [2.75, 3.05) is 23.6 Å².